The lowest BCUT2D eigenvalue weighted by Crippen LogP contribution is -2.76. The molecule has 1 heterocycles. The topological polar surface area (TPSA) is 65.2 Å². The normalized spacial score (nSPS) is 11.0. The number of ether oxygens (including phenoxy) is 1. The average molecular weight is 496 g/mol. The summed E-state index contributed by atoms with van der Waals surface area (Å²) < 4.78 is 34.2. The van der Waals surface area contributed by atoms with Gasteiger partial charge in [0.25, 0.3) is 6.43 Å². The molecule has 31 heavy (non-hydrogen) atoms. The Morgan fingerprint density at radius 1 is 1.16 bits per heavy atom. The summed E-state index contributed by atoms with van der Waals surface area (Å²) in [7, 11) is 3.13. The van der Waals surface area contributed by atoms with Crippen LogP contribution in [0, 0.1) is 0 Å². The first-order chi connectivity index (χ1) is 15.0. The van der Waals surface area contributed by atoms with Crippen molar-refractivity contribution < 1.29 is 23.8 Å². The Kier molecular flexibility index (Phi) is 9.77. The first-order valence-electron chi connectivity index (χ1n) is 9.69. The second-order valence-electron chi connectivity index (χ2n) is 6.09. The van der Waals surface area contributed by atoms with Gasteiger partial charge in [-0.1, -0.05) is 32.0 Å². The number of nitrogens with zero attached hydrogens (tertiary/aromatic N) is 3. The van der Waals surface area contributed by atoms with Crippen LogP contribution in [-0.2, 0) is 11.4 Å². The van der Waals surface area contributed by atoms with E-state index in [4.69, 9.17) is 9.57 Å². The van der Waals surface area contributed by atoms with Crippen LogP contribution in [0.3, 0.4) is 0 Å². The van der Waals surface area contributed by atoms with Crippen molar-refractivity contribution in [3.8, 4) is 5.75 Å². The summed E-state index contributed by atoms with van der Waals surface area (Å²) in [5.74, 6) is 0.902. The fraction of sp³-hybridized carbons (Fsp3) is 0.273. The predicted molar refractivity (Wildman–Crippen MR) is 121 cm³/mol. The molecule has 3 aromatic rings. The van der Waals surface area contributed by atoms with Gasteiger partial charge in [-0.25, -0.2) is 18.6 Å². The van der Waals surface area contributed by atoms with Crippen LogP contribution in [0.4, 0.5) is 20.3 Å². The van der Waals surface area contributed by atoms with Gasteiger partial charge in [0.05, 0.1) is 26.3 Å². The molecule has 3 rings (SSSR count). The van der Waals surface area contributed by atoms with Gasteiger partial charge >= 0.3 is 0 Å². The summed E-state index contributed by atoms with van der Waals surface area (Å²) in [6.45, 7) is 4.21. The van der Waals surface area contributed by atoms with Crippen LogP contribution >= 0.6 is 15.9 Å². The predicted octanol–water partition coefficient (Wildman–Crippen LogP) is 5.17. The van der Waals surface area contributed by atoms with Gasteiger partial charge < -0.3 is 4.74 Å². The van der Waals surface area contributed by atoms with Gasteiger partial charge in [-0.2, -0.15) is 10.6 Å². The summed E-state index contributed by atoms with van der Waals surface area (Å²) in [6.07, 6.45) is -1.09. The van der Waals surface area contributed by atoms with Crippen LogP contribution in [0.15, 0.2) is 58.0 Å². The van der Waals surface area contributed by atoms with E-state index in [1.807, 2.05) is 44.2 Å². The number of quaternary nitrogens is 1. The van der Waals surface area contributed by atoms with Crippen molar-refractivity contribution in [1.29, 1.82) is 0 Å². The summed E-state index contributed by atoms with van der Waals surface area (Å²) in [5.41, 5.74) is 3.78. The van der Waals surface area contributed by atoms with Crippen molar-refractivity contribution in [2.45, 2.75) is 26.8 Å². The Bertz CT molecular complexity index is 992. The van der Waals surface area contributed by atoms with Crippen LogP contribution in [0.5, 0.6) is 5.75 Å². The third-order valence-electron chi connectivity index (χ3n) is 4.17. The maximum Gasteiger partial charge on any atom is 0.280 e. The number of hydrogen-bond donors (Lipinski definition) is 1. The van der Waals surface area contributed by atoms with E-state index in [1.165, 1.54) is 10.7 Å². The molecule has 0 saturated heterocycles. The largest absolute Gasteiger partial charge is 0.497 e. The molecule has 0 saturated carbocycles. The first-order valence-corrected chi connectivity index (χ1v) is 10.5. The number of aromatic nitrogens is 2. The molecule has 0 aliphatic carbocycles. The number of hydrogen-bond acceptors (Lipinski definition) is 4. The lowest BCUT2D eigenvalue weighted by Gasteiger charge is -2.07. The molecular weight excluding hydrogens is 470 g/mol. The first kappa shape index (κ1) is 24.6. The van der Waals surface area contributed by atoms with Crippen molar-refractivity contribution in [3.05, 3.63) is 69.8 Å². The number of alkyl halides is 2. The maximum atomic E-state index is 13.5. The number of rotatable bonds is 8. The summed E-state index contributed by atoms with van der Waals surface area (Å²) in [4.78, 5) is 9.37. The molecule has 0 aliphatic heterocycles. The third kappa shape index (κ3) is 6.68. The molecular formula is C22H26BrF2N4O2+. The Morgan fingerprint density at radius 2 is 1.87 bits per heavy atom. The average Bonchev–Trinajstić information content (AvgIpc) is 3.18. The van der Waals surface area contributed by atoms with E-state index in [9.17, 15) is 8.78 Å². The molecule has 0 unspecified atom stereocenters. The standard InChI is InChI=1S/C20H19BrF2N4O2.C2H6/c1-28-14-8-6-13(7-9-14)12-27-18(20(22)23)10-19(25-27)24-11-15-16(21)4-3-5-17(15)26-29-2;1-2/h3-11,20,26H,12H2,1-2H3;1-2H3/p+1. The summed E-state index contributed by atoms with van der Waals surface area (Å²) in [5, 5.41) is 4.24. The molecule has 9 heteroatoms. The van der Waals surface area contributed by atoms with Crippen molar-refractivity contribution in [1.82, 2.24) is 9.78 Å². The Hall–Kier alpha value is -2.62. The number of methoxy groups -OCH3 is 1. The van der Waals surface area contributed by atoms with Gasteiger partial charge in [0.15, 0.2) is 11.5 Å². The zero-order valence-corrected chi connectivity index (χ0v) is 19.4. The highest BCUT2D eigenvalue weighted by Gasteiger charge is 2.17. The van der Waals surface area contributed by atoms with Crippen LogP contribution in [-0.4, -0.2) is 30.2 Å². The van der Waals surface area contributed by atoms with E-state index in [2.05, 4.69) is 26.0 Å². The van der Waals surface area contributed by atoms with E-state index in [0.29, 0.717) is 5.75 Å². The number of aliphatic imine (C=N–C) groups is 1. The molecule has 0 fully saturated rings. The quantitative estimate of drug-likeness (QED) is 0.266. The van der Waals surface area contributed by atoms with Gasteiger partial charge in [-0.05, 0) is 39.7 Å². The minimum absolute atomic E-state index is 0.191. The lowest BCUT2D eigenvalue weighted by atomic mass is 10.2. The van der Waals surface area contributed by atoms with E-state index < -0.39 is 6.43 Å². The Morgan fingerprint density at radius 3 is 2.48 bits per heavy atom. The van der Waals surface area contributed by atoms with E-state index in [0.717, 1.165) is 21.3 Å². The number of benzene rings is 2. The van der Waals surface area contributed by atoms with Gasteiger partial charge in [-0.15, -0.1) is 0 Å². The number of halogens is 3. The molecule has 2 N–H and O–H groups in total. The van der Waals surface area contributed by atoms with E-state index in [1.54, 1.807) is 38.0 Å². The van der Waals surface area contributed by atoms with Crippen molar-refractivity contribution >= 4 is 33.6 Å². The Balaban J connectivity index is 0.00000166. The molecule has 1 aromatic heterocycles. The minimum Gasteiger partial charge on any atom is -0.497 e. The van der Waals surface area contributed by atoms with Gasteiger partial charge in [-0.3, -0.25) is 4.68 Å². The smallest absolute Gasteiger partial charge is 0.280 e. The second-order valence-corrected chi connectivity index (χ2v) is 6.94. The molecule has 2 aromatic carbocycles. The molecule has 6 nitrogen and oxygen atoms in total. The highest BCUT2D eigenvalue weighted by Crippen LogP contribution is 2.26. The maximum absolute atomic E-state index is 13.5. The molecule has 0 spiro atoms. The fourth-order valence-electron chi connectivity index (χ4n) is 2.74. The van der Waals surface area contributed by atoms with Crippen molar-refractivity contribution in [2.75, 3.05) is 14.2 Å². The number of nitrogens with two attached hydrogens (primary N) is 1. The monoisotopic (exact) mass is 495 g/mol. The van der Waals surface area contributed by atoms with Crippen LogP contribution in [0.25, 0.3) is 0 Å². The van der Waals surface area contributed by atoms with Gasteiger partial charge in [0.1, 0.15) is 11.4 Å². The van der Waals surface area contributed by atoms with Gasteiger partial charge in [0, 0.05) is 22.8 Å². The lowest BCUT2D eigenvalue weighted by molar-refractivity contribution is -0.830. The molecule has 0 aliphatic rings. The van der Waals surface area contributed by atoms with Crippen LogP contribution in [0.1, 0.15) is 37.1 Å². The highest BCUT2D eigenvalue weighted by molar-refractivity contribution is 9.10. The minimum atomic E-state index is -2.66. The molecule has 166 valence electrons. The van der Waals surface area contributed by atoms with Crippen molar-refractivity contribution in [3.63, 3.8) is 0 Å². The zero-order valence-electron chi connectivity index (χ0n) is 17.8. The molecule has 0 amide bonds. The third-order valence-corrected chi connectivity index (χ3v) is 4.86. The van der Waals surface area contributed by atoms with E-state index in [-0.39, 0.29) is 18.1 Å². The van der Waals surface area contributed by atoms with E-state index >= 15 is 0 Å². The van der Waals surface area contributed by atoms with Crippen LogP contribution < -0.4 is 10.2 Å². The van der Waals surface area contributed by atoms with Crippen LogP contribution in [0.2, 0.25) is 0 Å². The van der Waals surface area contributed by atoms with Crippen molar-refractivity contribution in [2.24, 2.45) is 4.99 Å². The molecule has 0 atom stereocenters. The van der Waals surface area contributed by atoms with Gasteiger partial charge in [0.2, 0.25) is 0 Å². The second kappa shape index (κ2) is 12.3. The molecule has 0 bridgehead atoms. The highest BCUT2D eigenvalue weighted by atomic mass is 79.9. The Labute approximate surface area is 189 Å². The zero-order chi connectivity index (χ0) is 22.8. The SMILES string of the molecule is CC.CO[NH2+]c1cccc(Br)c1C=Nc1cc(C(F)F)n(Cc2ccc(OC)cc2)n1. The molecule has 0 radical (unpaired) electrons. The summed E-state index contributed by atoms with van der Waals surface area (Å²) in [6, 6.07) is 14.1. The fourth-order valence-corrected chi connectivity index (χ4v) is 3.22. The summed E-state index contributed by atoms with van der Waals surface area (Å²) >= 11 is 3.47.